The van der Waals surface area contributed by atoms with E-state index in [4.69, 9.17) is 4.74 Å². The molecule has 1 aromatic rings. The number of hydrogen-bond donors (Lipinski definition) is 0. The van der Waals surface area contributed by atoms with Crippen molar-refractivity contribution in [3.63, 3.8) is 0 Å². The van der Waals surface area contributed by atoms with Gasteiger partial charge in [0.15, 0.2) is 0 Å². The van der Waals surface area contributed by atoms with Crippen LogP contribution in [0.2, 0.25) is 0 Å². The fourth-order valence-corrected chi connectivity index (χ4v) is 4.09. The molecule has 1 aliphatic carbocycles. The summed E-state index contributed by atoms with van der Waals surface area (Å²) < 4.78 is 42.6. The Bertz CT molecular complexity index is 832. The number of hydrogen-bond acceptors (Lipinski definition) is 3. The van der Waals surface area contributed by atoms with Crippen LogP contribution in [-0.2, 0) is 14.3 Å². The fraction of sp³-hybridized carbons (Fsp3) is 0.455. The summed E-state index contributed by atoms with van der Waals surface area (Å²) in [5.74, 6) is -1.86. The van der Waals surface area contributed by atoms with Crippen LogP contribution in [0.1, 0.15) is 49.1 Å². The molecular weight excluding hydrogens is 383 g/mol. The van der Waals surface area contributed by atoms with Crippen molar-refractivity contribution in [3.05, 3.63) is 58.7 Å². The molecule has 1 aromatic carbocycles. The van der Waals surface area contributed by atoms with E-state index in [1.165, 1.54) is 7.11 Å². The van der Waals surface area contributed by atoms with Gasteiger partial charge in [-0.25, -0.2) is 4.79 Å². The van der Waals surface area contributed by atoms with Crippen molar-refractivity contribution in [2.75, 3.05) is 20.2 Å². The van der Waals surface area contributed by atoms with Gasteiger partial charge in [-0.1, -0.05) is 35.9 Å². The zero-order valence-electron chi connectivity index (χ0n) is 16.5. The first-order chi connectivity index (χ1) is 13.7. The number of allylic oxidation sites excluding steroid dienone is 3. The Labute approximate surface area is 168 Å². The Kier molecular flexibility index (Phi) is 6.15. The molecule has 156 valence electrons. The fourth-order valence-electron chi connectivity index (χ4n) is 4.09. The lowest BCUT2D eigenvalue weighted by molar-refractivity contribution is -0.186. The lowest BCUT2D eigenvalue weighted by atomic mass is 9.83. The number of alkyl halides is 3. The molecule has 0 spiro atoms. The first-order valence-corrected chi connectivity index (χ1v) is 9.62. The molecule has 1 amide bonds. The Morgan fingerprint density at radius 2 is 1.66 bits per heavy atom. The number of nitrogens with zero attached hydrogens (tertiary/aromatic N) is 1. The molecule has 0 bridgehead atoms. The molecule has 1 saturated heterocycles. The molecule has 4 nitrogen and oxygen atoms in total. The van der Waals surface area contributed by atoms with Crippen LogP contribution in [-0.4, -0.2) is 43.2 Å². The van der Waals surface area contributed by atoms with Gasteiger partial charge in [-0.3, -0.25) is 4.79 Å². The zero-order chi connectivity index (χ0) is 21.2. The van der Waals surface area contributed by atoms with Crippen molar-refractivity contribution in [1.29, 1.82) is 0 Å². The highest BCUT2D eigenvalue weighted by molar-refractivity contribution is 5.89. The lowest BCUT2D eigenvalue weighted by Crippen LogP contribution is -2.45. The molecule has 1 atom stereocenters. The number of rotatable bonds is 3. The molecule has 1 fully saturated rings. The molecule has 1 aliphatic heterocycles. The van der Waals surface area contributed by atoms with Gasteiger partial charge in [0.1, 0.15) is 0 Å². The van der Waals surface area contributed by atoms with E-state index in [1.54, 1.807) is 0 Å². The normalized spacial score (nSPS) is 20.7. The Balaban J connectivity index is 1.64. The number of piperidine rings is 1. The van der Waals surface area contributed by atoms with Gasteiger partial charge in [0.05, 0.1) is 7.11 Å². The zero-order valence-corrected chi connectivity index (χ0v) is 16.5. The average molecular weight is 407 g/mol. The maximum absolute atomic E-state index is 12.6. The van der Waals surface area contributed by atoms with Crippen LogP contribution in [0.25, 0.3) is 0 Å². The predicted octanol–water partition coefficient (Wildman–Crippen LogP) is 4.49. The van der Waals surface area contributed by atoms with Crippen molar-refractivity contribution in [2.24, 2.45) is 0 Å². The molecule has 1 heterocycles. The third kappa shape index (κ3) is 4.89. The Morgan fingerprint density at radius 1 is 1.07 bits per heavy atom. The summed E-state index contributed by atoms with van der Waals surface area (Å²) in [7, 11) is 1.37. The van der Waals surface area contributed by atoms with Gasteiger partial charge in [-0.05, 0) is 49.3 Å². The number of likely N-dealkylation sites (tertiary alicyclic amines) is 1. The quantitative estimate of drug-likeness (QED) is 0.694. The van der Waals surface area contributed by atoms with Crippen LogP contribution < -0.4 is 0 Å². The van der Waals surface area contributed by atoms with Crippen LogP contribution in [0.5, 0.6) is 0 Å². The third-order valence-electron chi connectivity index (χ3n) is 5.61. The summed E-state index contributed by atoms with van der Waals surface area (Å²) in [5, 5.41) is 0. The van der Waals surface area contributed by atoms with Crippen LogP contribution in [0.15, 0.2) is 47.6 Å². The highest BCUT2D eigenvalue weighted by Gasteiger charge is 2.43. The van der Waals surface area contributed by atoms with Crippen molar-refractivity contribution in [3.8, 4) is 0 Å². The van der Waals surface area contributed by atoms with Crippen molar-refractivity contribution in [1.82, 2.24) is 4.90 Å². The van der Waals surface area contributed by atoms with Gasteiger partial charge in [-0.15, -0.1) is 0 Å². The van der Waals surface area contributed by atoms with Gasteiger partial charge >= 0.3 is 18.1 Å². The third-order valence-corrected chi connectivity index (χ3v) is 5.61. The molecule has 3 rings (SSSR count). The van der Waals surface area contributed by atoms with E-state index in [2.05, 4.69) is 6.08 Å². The first-order valence-electron chi connectivity index (χ1n) is 9.62. The summed E-state index contributed by atoms with van der Waals surface area (Å²) in [6.45, 7) is 2.17. The number of esters is 1. The van der Waals surface area contributed by atoms with Crippen LogP contribution in [0.4, 0.5) is 13.2 Å². The van der Waals surface area contributed by atoms with Crippen molar-refractivity contribution < 1.29 is 27.5 Å². The van der Waals surface area contributed by atoms with Gasteiger partial charge < -0.3 is 9.64 Å². The highest BCUT2D eigenvalue weighted by atomic mass is 19.4. The number of ether oxygens (including phenoxy) is 1. The summed E-state index contributed by atoms with van der Waals surface area (Å²) in [5.41, 5.74) is 3.79. The first kappa shape index (κ1) is 21.1. The SMILES string of the molecule is COC(=O)C1=CC(C)=CC(c2ccc(C3CCN(C(=O)C(F)(F)F)CC3)cc2)C1. The minimum atomic E-state index is -4.81. The Morgan fingerprint density at radius 3 is 2.21 bits per heavy atom. The molecule has 0 radical (unpaired) electrons. The van der Waals surface area contributed by atoms with E-state index >= 15 is 0 Å². The number of amides is 1. The second kappa shape index (κ2) is 8.43. The summed E-state index contributed by atoms with van der Waals surface area (Å²) >= 11 is 0. The van der Waals surface area contributed by atoms with Crippen LogP contribution >= 0.6 is 0 Å². The molecule has 0 saturated carbocycles. The van der Waals surface area contributed by atoms with E-state index in [0.717, 1.165) is 21.6 Å². The molecule has 29 heavy (non-hydrogen) atoms. The summed E-state index contributed by atoms with van der Waals surface area (Å²) in [4.78, 5) is 24.1. The van der Waals surface area contributed by atoms with Gasteiger partial charge in [0.2, 0.25) is 0 Å². The van der Waals surface area contributed by atoms with Gasteiger partial charge in [0, 0.05) is 24.6 Å². The average Bonchev–Trinajstić information content (AvgIpc) is 2.71. The van der Waals surface area contributed by atoms with E-state index in [-0.39, 0.29) is 30.9 Å². The predicted molar refractivity (Wildman–Crippen MR) is 102 cm³/mol. The van der Waals surface area contributed by atoms with E-state index in [0.29, 0.717) is 24.8 Å². The van der Waals surface area contributed by atoms with Crippen molar-refractivity contribution >= 4 is 11.9 Å². The van der Waals surface area contributed by atoms with E-state index in [1.807, 2.05) is 37.3 Å². The molecule has 7 heteroatoms. The van der Waals surface area contributed by atoms with Crippen LogP contribution in [0.3, 0.4) is 0 Å². The molecule has 0 N–H and O–H groups in total. The lowest BCUT2D eigenvalue weighted by Gasteiger charge is -2.32. The maximum Gasteiger partial charge on any atom is 0.471 e. The number of halogens is 3. The topological polar surface area (TPSA) is 46.6 Å². The number of carbonyl (C=O) groups excluding carboxylic acids is 2. The van der Waals surface area contributed by atoms with Crippen molar-refractivity contribution in [2.45, 2.75) is 44.2 Å². The number of carbonyl (C=O) groups is 2. The van der Waals surface area contributed by atoms with E-state index in [9.17, 15) is 22.8 Å². The number of methoxy groups -OCH3 is 1. The Hall–Kier alpha value is -2.57. The summed E-state index contributed by atoms with van der Waals surface area (Å²) in [6, 6.07) is 8.02. The molecular formula is C22H24F3NO3. The second-order valence-electron chi connectivity index (χ2n) is 7.61. The minimum Gasteiger partial charge on any atom is -0.466 e. The molecule has 1 unspecified atom stereocenters. The van der Waals surface area contributed by atoms with Crippen LogP contribution in [0, 0.1) is 0 Å². The smallest absolute Gasteiger partial charge is 0.466 e. The molecule has 0 aromatic heterocycles. The van der Waals surface area contributed by atoms with Gasteiger partial charge in [-0.2, -0.15) is 13.2 Å². The highest BCUT2D eigenvalue weighted by Crippen LogP contribution is 2.34. The molecule has 2 aliphatic rings. The standard InChI is InChI=1S/C22H24F3NO3/c1-14-11-18(13-19(12-14)20(27)29-2)16-5-3-15(4-6-16)17-7-9-26(10-8-17)21(28)22(23,24)25/h3-6,11-12,17-18H,7-10,13H2,1-2H3. The second-order valence-corrected chi connectivity index (χ2v) is 7.61. The minimum absolute atomic E-state index is 0.0782. The monoisotopic (exact) mass is 407 g/mol. The largest absolute Gasteiger partial charge is 0.471 e. The van der Waals surface area contributed by atoms with E-state index < -0.39 is 12.1 Å². The maximum atomic E-state index is 12.6. The number of benzene rings is 1. The summed E-state index contributed by atoms with van der Waals surface area (Å²) in [6.07, 6.45) is 0.742. The van der Waals surface area contributed by atoms with Gasteiger partial charge in [0.25, 0.3) is 0 Å².